The number of aliphatic hydroxyl groups excluding tert-OH is 11. The predicted octanol–water partition coefficient (Wildman–Crippen LogP) is -3.05. The highest BCUT2D eigenvalue weighted by atomic mass is 16.7. The first-order chi connectivity index (χ1) is 26.9. The van der Waals surface area contributed by atoms with Gasteiger partial charge >= 0.3 is 11.9 Å². The van der Waals surface area contributed by atoms with Crippen LogP contribution in [-0.4, -0.2) is 180 Å². The lowest BCUT2D eigenvalue weighted by molar-refractivity contribution is -0.326. The molecule has 3 aliphatic rings. The number of hydrogen-bond acceptors (Lipinski definition) is 19. The quantitative estimate of drug-likeness (QED) is 0.0445. The van der Waals surface area contributed by atoms with Crippen LogP contribution in [0.3, 0.4) is 0 Å². The Labute approximate surface area is 328 Å². The molecule has 11 N–H and O–H groups in total. The van der Waals surface area contributed by atoms with Crippen LogP contribution in [0.4, 0.5) is 0 Å². The molecule has 19 nitrogen and oxygen atoms in total. The Kier molecular flexibility index (Phi) is 19.0. The maximum absolute atomic E-state index is 12.7. The van der Waals surface area contributed by atoms with Crippen LogP contribution >= 0.6 is 0 Å². The summed E-state index contributed by atoms with van der Waals surface area (Å²) in [5.74, 6) is -1.75. The van der Waals surface area contributed by atoms with Crippen LogP contribution in [0.15, 0.2) is 83.1 Å². The lowest BCUT2D eigenvalue weighted by Crippen LogP contribution is -2.61. The molecular weight excluding hydrogens is 760 g/mol. The molecule has 0 saturated carbocycles. The maximum atomic E-state index is 12.7. The third-order valence-electron chi connectivity index (χ3n) is 9.12. The first-order valence-electron chi connectivity index (χ1n) is 18.0. The van der Waals surface area contributed by atoms with E-state index in [1.807, 2.05) is 6.92 Å². The second-order valence-electron chi connectivity index (χ2n) is 13.7. The molecule has 0 spiro atoms. The maximum Gasteiger partial charge on any atom is 0.336 e. The minimum absolute atomic E-state index is 0.0944. The van der Waals surface area contributed by atoms with E-state index in [0.717, 1.165) is 11.1 Å². The van der Waals surface area contributed by atoms with Crippen molar-refractivity contribution in [1.82, 2.24) is 0 Å². The van der Waals surface area contributed by atoms with E-state index in [9.17, 15) is 65.8 Å². The second kappa shape index (κ2) is 22.6. The second-order valence-corrected chi connectivity index (χ2v) is 13.7. The van der Waals surface area contributed by atoms with Gasteiger partial charge in [0, 0.05) is 11.1 Å². The van der Waals surface area contributed by atoms with E-state index in [4.69, 9.17) is 28.4 Å². The molecule has 0 amide bonds. The molecule has 0 aromatic carbocycles. The molecule has 320 valence electrons. The van der Waals surface area contributed by atoms with Gasteiger partial charge in [0.15, 0.2) is 6.29 Å². The summed E-state index contributed by atoms with van der Waals surface area (Å²) in [5.41, 5.74) is 1.86. The summed E-state index contributed by atoms with van der Waals surface area (Å²) in [6.07, 6.45) is -7.55. The average Bonchev–Trinajstić information content (AvgIpc) is 3.18. The van der Waals surface area contributed by atoms with Gasteiger partial charge in [0.05, 0.1) is 19.8 Å². The zero-order valence-electron chi connectivity index (χ0n) is 31.7. The summed E-state index contributed by atoms with van der Waals surface area (Å²) < 4.78 is 31.6. The highest BCUT2D eigenvalue weighted by Crippen LogP contribution is 2.27. The van der Waals surface area contributed by atoms with E-state index in [1.54, 1.807) is 55.5 Å². The molecule has 3 heterocycles. The van der Waals surface area contributed by atoms with Crippen molar-refractivity contribution < 1.29 is 94.2 Å². The molecular formula is C38H54O19. The van der Waals surface area contributed by atoms with Crippen molar-refractivity contribution in [3.8, 4) is 0 Å². The van der Waals surface area contributed by atoms with Crippen LogP contribution in [0.2, 0.25) is 0 Å². The lowest BCUT2D eigenvalue weighted by atomic mass is 9.98. The number of hydrogen-bond donors (Lipinski definition) is 11. The van der Waals surface area contributed by atoms with Crippen LogP contribution in [0.25, 0.3) is 0 Å². The van der Waals surface area contributed by atoms with Gasteiger partial charge in [-0.25, -0.2) is 9.59 Å². The Balaban J connectivity index is 1.48. The molecule has 0 aliphatic carbocycles. The summed E-state index contributed by atoms with van der Waals surface area (Å²) in [5, 5.41) is 110. The fourth-order valence-corrected chi connectivity index (χ4v) is 5.46. The molecule has 3 saturated heterocycles. The third kappa shape index (κ3) is 13.3. The van der Waals surface area contributed by atoms with Gasteiger partial charge in [-0.05, 0) is 27.7 Å². The van der Waals surface area contributed by atoms with E-state index in [2.05, 4.69) is 0 Å². The average molecular weight is 815 g/mol. The van der Waals surface area contributed by atoms with Crippen LogP contribution in [0, 0.1) is 0 Å². The van der Waals surface area contributed by atoms with Gasteiger partial charge in [-0.2, -0.15) is 0 Å². The van der Waals surface area contributed by atoms with Crippen molar-refractivity contribution in [2.24, 2.45) is 0 Å². The number of allylic oxidation sites excluding steroid dienone is 12. The molecule has 3 aliphatic heterocycles. The fourth-order valence-electron chi connectivity index (χ4n) is 5.46. The van der Waals surface area contributed by atoms with Gasteiger partial charge < -0.3 is 84.6 Å². The van der Waals surface area contributed by atoms with Crippen LogP contribution < -0.4 is 0 Å². The van der Waals surface area contributed by atoms with Crippen molar-refractivity contribution in [3.63, 3.8) is 0 Å². The smallest absolute Gasteiger partial charge is 0.336 e. The molecule has 19 heteroatoms. The van der Waals surface area contributed by atoms with Crippen LogP contribution in [0.5, 0.6) is 0 Å². The monoisotopic (exact) mass is 814 g/mol. The molecule has 0 bridgehead atoms. The zero-order valence-corrected chi connectivity index (χ0v) is 31.7. The van der Waals surface area contributed by atoms with Gasteiger partial charge in [-0.15, -0.1) is 0 Å². The van der Waals surface area contributed by atoms with Crippen LogP contribution in [-0.2, 0) is 38.0 Å². The molecule has 0 aromatic heterocycles. The van der Waals surface area contributed by atoms with Crippen molar-refractivity contribution >= 4 is 11.9 Å². The fraction of sp³-hybridized carbons (Fsp3) is 0.579. The number of aliphatic hydroxyl groups is 11. The van der Waals surface area contributed by atoms with E-state index in [-0.39, 0.29) is 11.1 Å². The molecule has 0 radical (unpaired) electrons. The molecule has 57 heavy (non-hydrogen) atoms. The van der Waals surface area contributed by atoms with E-state index in [1.165, 1.54) is 26.0 Å². The molecule has 3 rings (SSSR count). The molecule has 15 atom stereocenters. The van der Waals surface area contributed by atoms with E-state index in [0.29, 0.717) is 0 Å². The SMILES string of the molecule is CC(C=CC=C(C)C(=O)O[C@@H]1O[C@H](CO)[C@@H](O)[C@H](O)[C@H]1O)=C/C=C/C=C(C)/C=C/C=C(C)C(=O)O[C@@H]1O[C@H](CO[C@@H]2O[C@H](CO)[C@@H](O)[C@H](O)[C@H]2O)[C@@H](O)[C@@H](O)[C@H]1O. The number of carbonyl (C=O) groups is 2. The first kappa shape index (κ1) is 47.9. The minimum Gasteiger partial charge on any atom is -0.429 e. The Hall–Kier alpha value is -3.48. The summed E-state index contributed by atoms with van der Waals surface area (Å²) in [4.78, 5) is 25.2. The van der Waals surface area contributed by atoms with Crippen LogP contribution in [0.1, 0.15) is 27.7 Å². The summed E-state index contributed by atoms with van der Waals surface area (Å²) >= 11 is 0. The minimum atomic E-state index is -1.83. The lowest BCUT2D eigenvalue weighted by Gasteiger charge is -2.42. The van der Waals surface area contributed by atoms with Gasteiger partial charge in [0.2, 0.25) is 12.6 Å². The van der Waals surface area contributed by atoms with E-state index >= 15 is 0 Å². The third-order valence-corrected chi connectivity index (χ3v) is 9.12. The van der Waals surface area contributed by atoms with Gasteiger partial charge in [-0.3, -0.25) is 0 Å². The summed E-state index contributed by atoms with van der Waals surface area (Å²) in [6, 6.07) is 0. The Bertz CT molecular complexity index is 1550. The normalized spacial score (nSPS) is 37.6. The Morgan fingerprint density at radius 1 is 0.474 bits per heavy atom. The van der Waals surface area contributed by atoms with Crippen molar-refractivity contribution in [1.29, 1.82) is 0 Å². The molecule has 3 fully saturated rings. The predicted molar refractivity (Wildman–Crippen MR) is 195 cm³/mol. The summed E-state index contributed by atoms with van der Waals surface area (Å²) in [7, 11) is 0. The largest absolute Gasteiger partial charge is 0.429 e. The number of esters is 2. The van der Waals surface area contributed by atoms with Gasteiger partial charge in [0.1, 0.15) is 73.2 Å². The highest BCUT2D eigenvalue weighted by molar-refractivity contribution is 5.88. The zero-order chi connectivity index (χ0) is 42.6. The first-order valence-corrected chi connectivity index (χ1v) is 18.0. The summed E-state index contributed by atoms with van der Waals surface area (Å²) in [6.45, 7) is 4.59. The van der Waals surface area contributed by atoms with E-state index < -0.39 is 124 Å². The Morgan fingerprint density at radius 3 is 1.23 bits per heavy atom. The number of carbonyl (C=O) groups excluding carboxylic acids is 2. The highest BCUT2D eigenvalue weighted by Gasteiger charge is 2.48. The number of rotatable bonds is 15. The van der Waals surface area contributed by atoms with Crippen molar-refractivity contribution in [3.05, 3.63) is 83.1 Å². The van der Waals surface area contributed by atoms with Gasteiger partial charge in [-0.1, -0.05) is 71.9 Å². The Morgan fingerprint density at radius 2 is 0.825 bits per heavy atom. The molecule has 0 aromatic rings. The topological polar surface area (TPSA) is 312 Å². The molecule has 0 unspecified atom stereocenters. The standard InChI is InChI=1S/C38H54O19/c1-18(11-7-13-20(3)34(50)56-37-32(48)29(45)26(42)23(16-40)54-37)9-5-6-10-19(2)12-8-14-21(4)35(51)57-38-33(49)30(46)27(43)24(55-38)17-52-36-31(47)28(44)25(41)22(15-39)53-36/h5-14,22-33,36-49H,15-17H2,1-4H3/b6-5+,11-7?,12-8+,18-9?,19-10+,20-13?,21-14?/t22-,23-,24-,25-,26-,27-,28+,29+,30-,31-,32-,33-,36-,37+,38+/m1/s1. The number of ether oxygens (including phenoxy) is 6. The van der Waals surface area contributed by atoms with Gasteiger partial charge in [0.25, 0.3) is 0 Å². The van der Waals surface area contributed by atoms with Crippen molar-refractivity contribution in [2.75, 3.05) is 19.8 Å². The van der Waals surface area contributed by atoms with Crippen molar-refractivity contribution in [2.45, 2.75) is 120 Å².